The lowest BCUT2D eigenvalue weighted by molar-refractivity contribution is 0.601. The number of hydrogen-bond acceptors (Lipinski definition) is 5. The Labute approximate surface area is 119 Å². The second kappa shape index (κ2) is 5.60. The van der Waals surface area contributed by atoms with Gasteiger partial charge in [0.05, 0.1) is 0 Å². The lowest BCUT2D eigenvalue weighted by Gasteiger charge is -2.22. The first-order valence-electron chi connectivity index (χ1n) is 6.12. The topological polar surface area (TPSA) is 76.3 Å². The fourth-order valence-corrected chi connectivity index (χ4v) is 2.90. The maximum absolute atomic E-state index is 11.9. The Morgan fingerprint density at radius 3 is 2.55 bits per heavy atom. The van der Waals surface area contributed by atoms with Gasteiger partial charge in [-0.25, -0.2) is 13.4 Å². The van der Waals surface area contributed by atoms with Crippen LogP contribution in [0.3, 0.4) is 0 Å². The summed E-state index contributed by atoms with van der Waals surface area (Å²) in [6, 6.07) is 10.8. The average Bonchev–Trinajstić information content (AvgIpc) is 2.45. The number of para-hydroxylation sites is 1. The van der Waals surface area contributed by atoms with E-state index in [-0.39, 0.29) is 4.90 Å². The molecule has 2 aromatic rings. The molecule has 2 rings (SSSR count). The largest absolute Gasteiger partial charge is 0.328 e. The van der Waals surface area contributed by atoms with E-state index in [2.05, 4.69) is 4.98 Å². The summed E-state index contributed by atoms with van der Waals surface area (Å²) < 4.78 is 23.7. The number of pyridine rings is 1. The summed E-state index contributed by atoms with van der Waals surface area (Å²) in [5.41, 5.74) is 7.50. The molecule has 0 aliphatic carbocycles. The van der Waals surface area contributed by atoms with Crippen molar-refractivity contribution in [1.82, 2.24) is 4.98 Å². The zero-order chi connectivity index (χ0) is 14.8. The summed E-state index contributed by atoms with van der Waals surface area (Å²) in [5.74, 6) is 0.399. The summed E-state index contributed by atoms with van der Waals surface area (Å²) in [6.07, 6.45) is 2.75. The van der Waals surface area contributed by atoms with Gasteiger partial charge < -0.3 is 10.6 Å². The molecule has 0 fully saturated rings. The van der Waals surface area contributed by atoms with E-state index in [1.54, 1.807) is 30.3 Å². The van der Waals surface area contributed by atoms with Crippen LogP contribution < -0.4 is 10.6 Å². The Bertz CT molecular complexity index is 714. The monoisotopic (exact) mass is 291 g/mol. The number of hydrogen-bond donors (Lipinski definition) is 1. The predicted octanol–water partition coefficient (Wildman–Crippen LogP) is 1.71. The number of nitrogens with two attached hydrogens (primary N) is 1. The van der Waals surface area contributed by atoms with Gasteiger partial charge in [0.2, 0.25) is 0 Å². The lowest BCUT2D eigenvalue weighted by atomic mass is 10.1. The summed E-state index contributed by atoms with van der Waals surface area (Å²) in [5, 5.41) is 0. The van der Waals surface area contributed by atoms with Crippen molar-refractivity contribution in [3.8, 4) is 0 Å². The normalized spacial score (nSPS) is 11.3. The molecule has 106 valence electrons. The third-order valence-corrected chi connectivity index (χ3v) is 4.16. The molecule has 20 heavy (non-hydrogen) atoms. The van der Waals surface area contributed by atoms with Gasteiger partial charge >= 0.3 is 0 Å². The molecule has 0 atom stereocenters. The van der Waals surface area contributed by atoms with E-state index in [0.717, 1.165) is 11.3 Å². The molecule has 5 nitrogen and oxygen atoms in total. The van der Waals surface area contributed by atoms with Crippen molar-refractivity contribution >= 4 is 21.3 Å². The van der Waals surface area contributed by atoms with Crippen LogP contribution in [-0.4, -0.2) is 26.7 Å². The summed E-state index contributed by atoms with van der Waals surface area (Å²) in [7, 11) is -1.56. The molecule has 0 aliphatic rings. The van der Waals surface area contributed by atoms with Crippen LogP contribution in [0.25, 0.3) is 0 Å². The molecule has 0 spiro atoms. The van der Waals surface area contributed by atoms with Crippen LogP contribution in [0.1, 0.15) is 5.56 Å². The smallest absolute Gasteiger partial charge is 0.179 e. The molecule has 0 bridgehead atoms. The lowest BCUT2D eigenvalue weighted by Crippen LogP contribution is -2.17. The predicted molar refractivity (Wildman–Crippen MR) is 79.7 cm³/mol. The maximum Gasteiger partial charge on any atom is 0.179 e. The first-order valence-corrected chi connectivity index (χ1v) is 8.01. The second-order valence-corrected chi connectivity index (χ2v) is 6.47. The van der Waals surface area contributed by atoms with E-state index in [9.17, 15) is 8.42 Å². The summed E-state index contributed by atoms with van der Waals surface area (Å²) >= 11 is 0. The number of anilines is 2. The average molecular weight is 291 g/mol. The molecule has 1 heterocycles. The molecule has 2 N–H and O–H groups in total. The van der Waals surface area contributed by atoms with E-state index >= 15 is 0 Å². The Balaban J connectivity index is 2.57. The molecule has 6 heteroatoms. The van der Waals surface area contributed by atoms with E-state index < -0.39 is 9.84 Å². The van der Waals surface area contributed by atoms with Crippen LogP contribution in [0.2, 0.25) is 0 Å². The SMILES string of the molecule is CN(c1ccccc1CN)c1ncccc1S(C)(=O)=O. The van der Waals surface area contributed by atoms with Crippen LogP contribution in [-0.2, 0) is 16.4 Å². The van der Waals surface area contributed by atoms with Gasteiger partial charge in [-0.1, -0.05) is 18.2 Å². The molecule has 1 aromatic carbocycles. The van der Waals surface area contributed by atoms with Crippen LogP contribution in [0, 0.1) is 0 Å². The van der Waals surface area contributed by atoms with Crippen molar-refractivity contribution in [3.63, 3.8) is 0 Å². The molecule has 0 aliphatic heterocycles. The van der Waals surface area contributed by atoms with Crippen molar-refractivity contribution < 1.29 is 8.42 Å². The van der Waals surface area contributed by atoms with Crippen LogP contribution >= 0.6 is 0 Å². The van der Waals surface area contributed by atoms with Crippen molar-refractivity contribution in [2.75, 3.05) is 18.2 Å². The highest BCUT2D eigenvalue weighted by Crippen LogP contribution is 2.29. The molecule has 0 unspecified atom stereocenters. The van der Waals surface area contributed by atoms with Gasteiger partial charge in [0.15, 0.2) is 15.7 Å². The summed E-state index contributed by atoms with van der Waals surface area (Å²) in [4.78, 5) is 6.15. The number of sulfone groups is 1. The van der Waals surface area contributed by atoms with E-state index in [1.165, 1.54) is 6.26 Å². The highest BCUT2D eigenvalue weighted by molar-refractivity contribution is 7.90. The molecular formula is C14H17N3O2S. The third kappa shape index (κ3) is 2.81. The van der Waals surface area contributed by atoms with Gasteiger partial charge in [-0.05, 0) is 23.8 Å². The Hall–Kier alpha value is -1.92. The van der Waals surface area contributed by atoms with Gasteiger partial charge in [-0.15, -0.1) is 0 Å². The molecule has 0 saturated heterocycles. The zero-order valence-corrected chi connectivity index (χ0v) is 12.3. The first kappa shape index (κ1) is 14.5. The van der Waals surface area contributed by atoms with E-state index in [1.807, 2.05) is 24.3 Å². The number of benzene rings is 1. The number of nitrogens with zero attached hydrogens (tertiary/aromatic N) is 2. The van der Waals surface area contributed by atoms with E-state index in [4.69, 9.17) is 5.73 Å². The molecule has 0 radical (unpaired) electrons. The third-order valence-electron chi connectivity index (χ3n) is 3.04. The molecule has 1 aromatic heterocycles. The Morgan fingerprint density at radius 2 is 1.90 bits per heavy atom. The van der Waals surface area contributed by atoms with Gasteiger partial charge in [-0.2, -0.15) is 0 Å². The standard InChI is InChI=1S/C14H17N3O2S/c1-17(12-7-4-3-6-11(12)10-15)14-13(20(2,18)19)8-5-9-16-14/h3-9H,10,15H2,1-2H3. The molecule has 0 saturated carbocycles. The highest BCUT2D eigenvalue weighted by atomic mass is 32.2. The van der Waals surface area contributed by atoms with E-state index in [0.29, 0.717) is 12.4 Å². The zero-order valence-electron chi connectivity index (χ0n) is 11.4. The number of aromatic nitrogens is 1. The first-order chi connectivity index (χ1) is 9.45. The summed E-state index contributed by atoms with van der Waals surface area (Å²) in [6.45, 7) is 0.377. The molecule has 0 amide bonds. The second-order valence-electron chi connectivity index (χ2n) is 4.49. The Morgan fingerprint density at radius 1 is 1.20 bits per heavy atom. The molecular weight excluding hydrogens is 274 g/mol. The van der Waals surface area contributed by atoms with Gasteiger partial charge in [0, 0.05) is 31.7 Å². The van der Waals surface area contributed by atoms with Crippen molar-refractivity contribution in [2.24, 2.45) is 5.73 Å². The van der Waals surface area contributed by atoms with Gasteiger partial charge in [-0.3, -0.25) is 0 Å². The minimum Gasteiger partial charge on any atom is -0.328 e. The van der Waals surface area contributed by atoms with Gasteiger partial charge in [0.25, 0.3) is 0 Å². The van der Waals surface area contributed by atoms with Crippen LogP contribution in [0.4, 0.5) is 11.5 Å². The highest BCUT2D eigenvalue weighted by Gasteiger charge is 2.19. The Kier molecular flexibility index (Phi) is 4.06. The van der Waals surface area contributed by atoms with Crippen molar-refractivity contribution in [1.29, 1.82) is 0 Å². The minimum absolute atomic E-state index is 0.203. The quantitative estimate of drug-likeness (QED) is 0.928. The van der Waals surface area contributed by atoms with Crippen molar-refractivity contribution in [2.45, 2.75) is 11.4 Å². The fraction of sp³-hybridized carbons (Fsp3) is 0.214. The van der Waals surface area contributed by atoms with Crippen LogP contribution in [0.5, 0.6) is 0 Å². The van der Waals surface area contributed by atoms with Crippen LogP contribution in [0.15, 0.2) is 47.5 Å². The van der Waals surface area contributed by atoms with Gasteiger partial charge in [0.1, 0.15) is 4.90 Å². The maximum atomic E-state index is 11.9. The number of rotatable bonds is 4. The minimum atomic E-state index is -3.34. The fourth-order valence-electron chi connectivity index (χ4n) is 2.05. The van der Waals surface area contributed by atoms with Crippen molar-refractivity contribution in [3.05, 3.63) is 48.2 Å².